The lowest BCUT2D eigenvalue weighted by Crippen LogP contribution is -2.41. The van der Waals surface area contributed by atoms with E-state index in [0.717, 1.165) is 29.6 Å². The molecular formula is C16H23BO3. The molecule has 20 heavy (non-hydrogen) atoms. The van der Waals surface area contributed by atoms with Crippen molar-refractivity contribution >= 4 is 12.6 Å². The lowest BCUT2D eigenvalue weighted by molar-refractivity contribution is 0.00578. The summed E-state index contributed by atoms with van der Waals surface area (Å²) < 4.78 is 18.4. The first-order valence-corrected chi connectivity index (χ1v) is 7.42. The van der Waals surface area contributed by atoms with Gasteiger partial charge in [0.1, 0.15) is 5.75 Å². The molecule has 0 radical (unpaired) electrons. The Balaban J connectivity index is 1.93. The van der Waals surface area contributed by atoms with Crippen LogP contribution in [0.1, 0.15) is 46.1 Å². The van der Waals surface area contributed by atoms with Crippen LogP contribution in [0.2, 0.25) is 0 Å². The van der Waals surface area contributed by atoms with Gasteiger partial charge in [0.05, 0.1) is 17.3 Å². The predicted octanol–water partition coefficient (Wildman–Crippen LogP) is 2.84. The monoisotopic (exact) mass is 274 g/mol. The lowest BCUT2D eigenvalue weighted by Gasteiger charge is -2.32. The normalized spacial score (nSPS) is 23.9. The molecule has 0 bridgehead atoms. The van der Waals surface area contributed by atoms with Crippen LogP contribution in [0, 0.1) is 6.92 Å². The molecule has 2 fully saturated rings. The summed E-state index contributed by atoms with van der Waals surface area (Å²) in [7, 11) is -0.353. The third-order valence-electron chi connectivity index (χ3n) is 4.56. The number of hydrogen-bond acceptors (Lipinski definition) is 3. The molecular weight excluding hydrogens is 251 g/mol. The number of benzene rings is 1. The van der Waals surface area contributed by atoms with Gasteiger partial charge in [-0.3, -0.25) is 0 Å². The minimum Gasteiger partial charge on any atom is -0.491 e. The predicted molar refractivity (Wildman–Crippen MR) is 80.5 cm³/mol. The third kappa shape index (κ3) is 2.36. The maximum atomic E-state index is 6.15. The summed E-state index contributed by atoms with van der Waals surface area (Å²) in [5.41, 5.74) is 1.51. The molecule has 1 heterocycles. The van der Waals surface area contributed by atoms with E-state index >= 15 is 0 Å². The maximum Gasteiger partial charge on any atom is 0.498 e. The highest BCUT2D eigenvalue weighted by molar-refractivity contribution is 6.63. The first kappa shape index (κ1) is 14.0. The average Bonchev–Trinajstić information content (AvgIpc) is 3.10. The molecule has 0 spiro atoms. The zero-order valence-corrected chi connectivity index (χ0v) is 13.0. The fourth-order valence-electron chi connectivity index (χ4n) is 2.34. The average molecular weight is 274 g/mol. The molecule has 0 amide bonds. The SMILES string of the molecule is Cc1cccc(B2OC(C)(C)C(C)(C)O2)c1OC1CC1. The zero-order chi connectivity index (χ0) is 14.5. The van der Waals surface area contributed by atoms with E-state index in [1.807, 2.05) is 12.1 Å². The second-order valence-corrected chi connectivity index (χ2v) is 6.90. The molecule has 2 aliphatic rings. The summed E-state index contributed by atoms with van der Waals surface area (Å²) in [5.74, 6) is 0.938. The van der Waals surface area contributed by atoms with Gasteiger partial charge >= 0.3 is 7.12 Å². The summed E-state index contributed by atoms with van der Waals surface area (Å²) in [6, 6.07) is 6.16. The van der Waals surface area contributed by atoms with Gasteiger partial charge in [0.25, 0.3) is 0 Å². The Kier molecular flexibility index (Phi) is 3.14. The summed E-state index contributed by atoms with van der Waals surface area (Å²) in [6.45, 7) is 10.4. The second kappa shape index (κ2) is 4.50. The smallest absolute Gasteiger partial charge is 0.491 e. The Morgan fingerprint density at radius 2 is 1.70 bits per heavy atom. The standard InChI is InChI=1S/C16H23BO3/c1-11-7-6-8-13(14(11)18-12-9-10-12)17-19-15(2,3)16(4,5)20-17/h6-8,12H,9-10H2,1-5H3. The summed E-state index contributed by atoms with van der Waals surface area (Å²) in [4.78, 5) is 0. The van der Waals surface area contributed by atoms with Crippen molar-refractivity contribution in [3.8, 4) is 5.75 Å². The number of rotatable bonds is 3. The van der Waals surface area contributed by atoms with Gasteiger partial charge in [-0.15, -0.1) is 0 Å². The summed E-state index contributed by atoms with van der Waals surface area (Å²) >= 11 is 0. The Labute approximate surface area is 121 Å². The van der Waals surface area contributed by atoms with E-state index < -0.39 is 0 Å². The van der Waals surface area contributed by atoms with Gasteiger partial charge in [0.15, 0.2) is 0 Å². The van der Waals surface area contributed by atoms with Crippen LogP contribution in [0.25, 0.3) is 0 Å². The molecule has 1 aliphatic heterocycles. The summed E-state index contributed by atoms with van der Waals surface area (Å²) in [5, 5.41) is 0. The number of hydrogen-bond donors (Lipinski definition) is 0. The van der Waals surface area contributed by atoms with Gasteiger partial charge in [-0.1, -0.05) is 18.2 Å². The van der Waals surface area contributed by atoms with Crippen LogP contribution in [0.3, 0.4) is 0 Å². The molecule has 1 aromatic rings. The van der Waals surface area contributed by atoms with Gasteiger partial charge in [-0.2, -0.15) is 0 Å². The second-order valence-electron chi connectivity index (χ2n) is 6.90. The van der Waals surface area contributed by atoms with Gasteiger partial charge in [-0.05, 0) is 53.0 Å². The van der Waals surface area contributed by atoms with Crippen molar-refractivity contribution in [1.29, 1.82) is 0 Å². The van der Waals surface area contributed by atoms with Crippen LogP contribution in [0.5, 0.6) is 5.75 Å². The first-order chi connectivity index (χ1) is 9.30. The molecule has 3 nitrogen and oxygen atoms in total. The fourth-order valence-corrected chi connectivity index (χ4v) is 2.34. The molecule has 0 atom stereocenters. The van der Waals surface area contributed by atoms with E-state index in [2.05, 4.69) is 40.7 Å². The van der Waals surface area contributed by atoms with Gasteiger partial charge < -0.3 is 14.0 Å². The van der Waals surface area contributed by atoms with E-state index in [1.165, 1.54) is 0 Å². The molecule has 0 unspecified atom stereocenters. The molecule has 0 aromatic heterocycles. The van der Waals surface area contributed by atoms with Crippen LogP contribution in [0.4, 0.5) is 0 Å². The van der Waals surface area contributed by atoms with E-state index in [4.69, 9.17) is 14.0 Å². The van der Waals surface area contributed by atoms with E-state index in [0.29, 0.717) is 6.10 Å². The van der Waals surface area contributed by atoms with Crippen molar-refractivity contribution in [3.05, 3.63) is 23.8 Å². The molecule has 1 aliphatic carbocycles. The third-order valence-corrected chi connectivity index (χ3v) is 4.56. The quantitative estimate of drug-likeness (QED) is 0.793. The van der Waals surface area contributed by atoms with E-state index in [1.54, 1.807) is 0 Å². The van der Waals surface area contributed by atoms with Crippen molar-refractivity contribution in [1.82, 2.24) is 0 Å². The Morgan fingerprint density at radius 3 is 2.25 bits per heavy atom. The van der Waals surface area contributed by atoms with Crippen LogP contribution in [-0.2, 0) is 9.31 Å². The van der Waals surface area contributed by atoms with Crippen molar-refractivity contribution in [2.75, 3.05) is 0 Å². The van der Waals surface area contributed by atoms with Gasteiger partial charge in [0.2, 0.25) is 0 Å². The topological polar surface area (TPSA) is 27.7 Å². The largest absolute Gasteiger partial charge is 0.498 e. The van der Waals surface area contributed by atoms with Crippen LogP contribution >= 0.6 is 0 Å². The zero-order valence-electron chi connectivity index (χ0n) is 13.0. The van der Waals surface area contributed by atoms with Crippen molar-refractivity contribution < 1.29 is 14.0 Å². The van der Waals surface area contributed by atoms with Crippen LogP contribution < -0.4 is 10.2 Å². The number of para-hydroxylation sites is 1. The Hall–Kier alpha value is -0.995. The van der Waals surface area contributed by atoms with Crippen LogP contribution in [-0.4, -0.2) is 24.4 Å². The maximum absolute atomic E-state index is 6.15. The van der Waals surface area contributed by atoms with Gasteiger partial charge in [0, 0.05) is 5.46 Å². The number of ether oxygens (including phenoxy) is 1. The molecule has 3 rings (SSSR count). The fraction of sp³-hybridized carbons (Fsp3) is 0.625. The first-order valence-electron chi connectivity index (χ1n) is 7.42. The van der Waals surface area contributed by atoms with Crippen molar-refractivity contribution in [3.63, 3.8) is 0 Å². The molecule has 0 N–H and O–H groups in total. The Morgan fingerprint density at radius 1 is 1.10 bits per heavy atom. The van der Waals surface area contributed by atoms with Crippen molar-refractivity contribution in [2.24, 2.45) is 0 Å². The lowest BCUT2D eigenvalue weighted by atomic mass is 9.77. The van der Waals surface area contributed by atoms with Crippen LogP contribution in [0.15, 0.2) is 18.2 Å². The molecule has 4 heteroatoms. The highest BCUT2D eigenvalue weighted by Gasteiger charge is 2.52. The Bertz CT molecular complexity index is 504. The van der Waals surface area contributed by atoms with E-state index in [-0.39, 0.29) is 18.3 Å². The molecule has 1 aromatic carbocycles. The van der Waals surface area contributed by atoms with E-state index in [9.17, 15) is 0 Å². The number of aryl methyl sites for hydroxylation is 1. The molecule has 1 saturated carbocycles. The highest BCUT2D eigenvalue weighted by Crippen LogP contribution is 2.38. The highest BCUT2D eigenvalue weighted by atomic mass is 16.7. The van der Waals surface area contributed by atoms with Gasteiger partial charge in [-0.25, -0.2) is 0 Å². The molecule has 108 valence electrons. The molecule has 1 saturated heterocycles. The van der Waals surface area contributed by atoms with Crippen molar-refractivity contribution in [2.45, 2.75) is 64.8 Å². The minimum absolute atomic E-state index is 0.321. The summed E-state index contributed by atoms with van der Waals surface area (Å²) in [6.07, 6.45) is 2.67. The minimum atomic E-state index is -0.353.